The van der Waals surface area contributed by atoms with Crippen molar-refractivity contribution in [3.63, 3.8) is 0 Å². The second-order valence-corrected chi connectivity index (χ2v) is 6.71. The summed E-state index contributed by atoms with van der Waals surface area (Å²) in [6, 6.07) is 19.9. The molecule has 2 heterocycles. The van der Waals surface area contributed by atoms with Crippen LogP contribution in [-0.2, 0) is 0 Å². The van der Waals surface area contributed by atoms with Gasteiger partial charge in [0.15, 0.2) is 5.58 Å². The average Bonchev–Trinajstić information content (AvgIpc) is 3.35. The van der Waals surface area contributed by atoms with Gasteiger partial charge >= 0.3 is 0 Å². The van der Waals surface area contributed by atoms with Crippen molar-refractivity contribution in [2.45, 2.75) is 0 Å². The number of imidazole rings is 1. The highest BCUT2D eigenvalue weighted by Crippen LogP contribution is 2.31. The molecule has 1 N–H and O–H groups in total. The van der Waals surface area contributed by atoms with Crippen molar-refractivity contribution in [3.8, 4) is 34.1 Å². The Bertz CT molecular complexity index is 1240. The van der Waals surface area contributed by atoms with Gasteiger partial charge in [0.1, 0.15) is 17.2 Å². The van der Waals surface area contributed by atoms with Crippen LogP contribution in [0.5, 0.6) is 0 Å². The lowest BCUT2D eigenvalue weighted by atomic mass is 10.1. The molecule has 0 spiro atoms. The molecule has 0 saturated carbocycles. The third-order valence-corrected chi connectivity index (χ3v) is 4.83. The number of halogens is 2. The third-order valence-electron chi connectivity index (χ3n) is 4.51. The Hall–Kier alpha value is -3.44. The zero-order valence-electron chi connectivity index (χ0n) is 14.5. The molecule has 0 aliphatic heterocycles. The van der Waals surface area contributed by atoms with E-state index in [0.29, 0.717) is 16.7 Å². The predicted octanol–water partition coefficient (Wildman–Crippen LogP) is 6.34. The molecule has 5 aromatic rings. The number of hydrogen-bond acceptors (Lipinski definition) is 3. The van der Waals surface area contributed by atoms with E-state index in [1.165, 1.54) is 6.07 Å². The van der Waals surface area contributed by atoms with Gasteiger partial charge in [-0.25, -0.2) is 14.4 Å². The second-order valence-electron chi connectivity index (χ2n) is 6.31. The molecule has 2 aromatic heterocycles. The number of nitrogens with zero attached hydrogens (tertiary/aromatic N) is 2. The number of fused-ring (bicyclic) bond motifs is 1. The molecule has 0 saturated heterocycles. The van der Waals surface area contributed by atoms with Gasteiger partial charge in [0.2, 0.25) is 5.89 Å². The van der Waals surface area contributed by atoms with Crippen LogP contribution in [0.3, 0.4) is 0 Å². The van der Waals surface area contributed by atoms with Crippen LogP contribution >= 0.6 is 11.6 Å². The van der Waals surface area contributed by atoms with Crippen LogP contribution in [-0.4, -0.2) is 15.0 Å². The summed E-state index contributed by atoms with van der Waals surface area (Å²) in [7, 11) is 0. The molecule has 0 bridgehead atoms. The Kier molecular flexibility index (Phi) is 3.95. The molecule has 0 amide bonds. The molecule has 0 atom stereocenters. The van der Waals surface area contributed by atoms with Crippen LogP contribution in [0.15, 0.2) is 77.3 Å². The van der Waals surface area contributed by atoms with Gasteiger partial charge in [0, 0.05) is 5.56 Å². The number of para-hydroxylation sites is 2. The normalized spacial score (nSPS) is 11.2. The molecule has 3 aromatic carbocycles. The van der Waals surface area contributed by atoms with Crippen LogP contribution < -0.4 is 0 Å². The van der Waals surface area contributed by atoms with E-state index in [0.717, 1.165) is 27.9 Å². The smallest absolute Gasteiger partial charge is 0.227 e. The van der Waals surface area contributed by atoms with Crippen LogP contribution in [0.4, 0.5) is 4.39 Å². The Morgan fingerprint density at radius 1 is 0.893 bits per heavy atom. The highest BCUT2D eigenvalue weighted by molar-refractivity contribution is 6.33. The maximum atomic E-state index is 14.1. The maximum absolute atomic E-state index is 14.1. The Morgan fingerprint density at radius 2 is 1.68 bits per heavy atom. The molecule has 0 aliphatic carbocycles. The lowest BCUT2D eigenvalue weighted by Crippen LogP contribution is -1.88. The predicted molar refractivity (Wildman–Crippen MR) is 107 cm³/mol. The summed E-state index contributed by atoms with van der Waals surface area (Å²) in [6.45, 7) is 0. The zero-order valence-corrected chi connectivity index (χ0v) is 15.2. The van der Waals surface area contributed by atoms with Crippen molar-refractivity contribution in [1.82, 2.24) is 15.0 Å². The van der Waals surface area contributed by atoms with Gasteiger partial charge in [-0.15, -0.1) is 0 Å². The summed E-state index contributed by atoms with van der Waals surface area (Å²) in [5.74, 6) is 0.539. The quantitative estimate of drug-likeness (QED) is 0.391. The number of rotatable bonds is 3. The van der Waals surface area contributed by atoms with Crippen LogP contribution in [0.1, 0.15) is 0 Å². The molecule has 0 aliphatic rings. The van der Waals surface area contributed by atoms with E-state index in [1.807, 2.05) is 48.5 Å². The van der Waals surface area contributed by atoms with Crippen molar-refractivity contribution >= 4 is 22.7 Å². The van der Waals surface area contributed by atoms with E-state index in [4.69, 9.17) is 16.0 Å². The number of nitrogens with one attached hydrogen (secondary N) is 1. The molecule has 0 radical (unpaired) electrons. The summed E-state index contributed by atoms with van der Waals surface area (Å²) in [5, 5.41) is 0.312. The topological polar surface area (TPSA) is 54.7 Å². The lowest BCUT2D eigenvalue weighted by molar-refractivity contribution is 0.620. The summed E-state index contributed by atoms with van der Waals surface area (Å²) in [4.78, 5) is 11.9. The Morgan fingerprint density at radius 3 is 2.46 bits per heavy atom. The molecule has 0 fully saturated rings. The van der Waals surface area contributed by atoms with Gasteiger partial charge in [0.05, 0.1) is 22.5 Å². The average molecular weight is 390 g/mol. The fraction of sp³-hybridized carbons (Fsp3) is 0. The zero-order chi connectivity index (χ0) is 19.1. The van der Waals surface area contributed by atoms with Crippen LogP contribution in [0, 0.1) is 5.82 Å². The molecule has 5 rings (SSSR count). The first kappa shape index (κ1) is 16.7. The first-order valence-electron chi connectivity index (χ1n) is 8.65. The minimum atomic E-state index is -0.417. The van der Waals surface area contributed by atoms with E-state index in [2.05, 4.69) is 15.0 Å². The van der Waals surface area contributed by atoms with Crippen LogP contribution in [0.25, 0.3) is 45.2 Å². The van der Waals surface area contributed by atoms with Crippen molar-refractivity contribution < 1.29 is 8.81 Å². The van der Waals surface area contributed by atoms with E-state index in [9.17, 15) is 4.39 Å². The number of benzene rings is 3. The van der Waals surface area contributed by atoms with Gasteiger partial charge in [-0.3, -0.25) is 0 Å². The fourth-order valence-electron chi connectivity index (χ4n) is 3.11. The standard InChI is InChI=1S/C22H13ClFN3O/c23-15-4-3-5-16(24)20(15)21-25-12-18(26-21)13-8-10-14(11-9-13)22-27-17-6-1-2-7-19(17)28-22/h1-12H,(H,25,26). The minimum absolute atomic E-state index is 0.263. The minimum Gasteiger partial charge on any atom is -0.436 e. The number of aromatic amines is 1. The molecular weight excluding hydrogens is 377 g/mol. The second kappa shape index (κ2) is 6.62. The first-order valence-corrected chi connectivity index (χ1v) is 9.02. The van der Waals surface area contributed by atoms with E-state index < -0.39 is 5.82 Å². The Labute approximate surface area is 164 Å². The van der Waals surface area contributed by atoms with Crippen molar-refractivity contribution in [2.24, 2.45) is 0 Å². The maximum Gasteiger partial charge on any atom is 0.227 e. The summed E-state index contributed by atoms with van der Waals surface area (Å²) < 4.78 is 19.9. The van der Waals surface area contributed by atoms with E-state index in [1.54, 1.807) is 18.3 Å². The third kappa shape index (κ3) is 2.86. The summed E-state index contributed by atoms with van der Waals surface area (Å²) >= 11 is 6.12. The van der Waals surface area contributed by atoms with Gasteiger partial charge in [-0.2, -0.15) is 0 Å². The van der Waals surface area contributed by atoms with Crippen LogP contribution in [0.2, 0.25) is 5.02 Å². The van der Waals surface area contributed by atoms with Gasteiger partial charge in [-0.1, -0.05) is 41.9 Å². The summed E-state index contributed by atoms with van der Waals surface area (Å²) in [6.07, 6.45) is 1.66. The number of oxazole rings is 1. The molecule has 0 unspecified atom stereocenters. The van der Waals surface area contributed by atoms with Gasteiger partial charge in [0.25, 0.3) is 0 Å². The van der Waals surface area contributed by atoms with E-state index in [-0.39, 0.29) is 5.56 Å². The van der Waals surface area contributed by atoms with Crippen molar-refractivity contribution in [2.75, 3.05) is 0 Å². The van der Waals surface area contributed by atoms with Gasteiger partial charge in [-0.05, 0) is 42.0 Å². The van der Waals surface area contributed by atoms with Crippen molar-refractivity contribution in [3.05, 3.63) is 83.8 Å². The molecule has 4 nitrogen and oxygen atoms in total. The number of aromatic nitrogens is 3. The van der Waals surface area contributed by atoms with E-state index >= 15 is 0 Å². The summed E-state index contributed by atoms with van der Waals surface area (Å²) in [5.41, 5.74) is 4.38. The molecule has 6 heteroatoms. The van der Waals surface area contributed by atoms with Gasteiger partial charge < -0.3 is 9.40 Å². The first-order chi connectivity index (χ1) is 13.7. The number of H-pyrrole nitrogens is 1. The fourth-order valence-corrected chi connectivity index (χ4v) is 3.36. The monoisotopic (exact) mass is 389 g/mol. The largest absolute Gasteiger partial charge is 0.436 e. The number of hydrogen-bond donors (Lipinski definition) is 1. The molecule has 28 heavy (non-hydrogen) atoms. The SMILES string of the molecule is Fc1cccc(Cl)c1-c1ncc(-c2ccc(-c3nc4ccccc4o3)cc2)[nH]1. The highest BCUT2D eigenvalue weighted by Gasteiger charge is 2.14. The van der Waals surface area contributed by atoms with Crippen molar-refractivity contribution in [1.29, 1.82) is 0 Å². The molecular formula is C22H13ClFN3O. The lowest BCUT2D eigenvalue weighted by Gasteiger charge is -2.02. The molecule has 136 valence electrons. The Balaban J connectivity index is 1.47. The highest BCUT2D eigenvalue weighted by atomic mass is 35.5.